The quantitative estimate of drug-likeness (QED) is 0.332. The smallest absolute Gasteiger partial charge is 0.309 e. The molecule has 34 heavy (non-hydrogen) atoms. The first-order valence-corrected chi connectivity index (χ1v) is 13.0. The minimum absolute atomic E-state index is 0.175. The number of nitrogens with zero attached hydrogens (tertiary/aromatic N) is 1. The van der Waals surface area contributed by atoms with E-state index in [4.69, 9.17) is 9.84 Å². The van der Waals surface area contributed by atoms with Gasteiger partial charge in [-0.05, 0) is 87.3 Å². The van der Waals surface area contributed by atoms with Crippen molar-refractivity contribution >= 4 is 5.97 Å². The Hall–Kier alpha value is -2.33. The molecular formula is C30H43NO3. The van der Waals surface area contributed by atoms with Crippen LogP contribution in [-0.2, 0) is 16.8 Å². The number of aliphatic carboxylic acids is 1. The normalized spacial score (nSPS) is 15.7. The molecule has 1 atom stereocenters. The molecule has 0 radical (unpaired) electrons. The number of carboxylic acid groups (broad SMARTS) is 1. The van der Waals surface area contributed by atoms with E-state index in [0.29, 0.717) is 19.0 Å². The van der Waals surface area contributed by atoms with Crippen molar-refractivity contribution in [2.24, 2.45) is 11.8 Å². The molecule has 0 bridgehead atoms. The molecule has 1 aliphatic rings. The molecule has 0 aromatic heterocycles. The van der Waals surface area contributed by atoms with Gasteiger partial charge in [-0.1, -0.05) is 56.5 Å². The molecule has 2 aromatic carbocycles. The Balaban J connectivity index is 1.46. The van der Waals surface area contributed by atoms with Crippen molar-refractivity contribution in [2.75, 3.05) is 19.7 Å². The number of likely N-dealkylation sites (tertiary alicyclic amines) is 1. The molecule has 0 saturated carbocycles. The minimum atomic E-state index is -0.693. The van der Waals surface area contributed by atoms with Crippen LogP contribution in [-0.4, -0.2) is 35.7 Å². The van der Waals surface area contributed by atoms with Crippen molar-refractivity contribution in [1.29, 1.82) is 0 Å². The van der Waals surface area contributed by atoms with Crippen LogP contribution in [0.25, 0.3) is 0 Å². The zero-order chi connectivity index (χ0) is 24.7. The monoisotopic (exact) mass is 465 g/mol. The zero-order valence-electron chi connectivity index (χ0n) is 21.8. The summed E-state index contributed by atoms with van der Waals surface area (Å²) in [6.45, 7) is 12.9. The molecule has 4 nitrogen and oxygen atoms in total. The molecule has 186 valence electrons. The highest BCUT2D eigenvalue weighted by molar-refractivity contribution is 5.71. The zero-order valence-corrected chi connectivity index (χ0v) is 21.8. The lowest BCUT2D eigenvalue weighted by Crippen LogP contribution is -2.57. The molecule has 1 aliphatic heterocycles. The van der Waals surface area contributed by atoms with Gasteiger partial charge < -0.3 is 9.84 Å². The van der Waals surface area contributed by atoms with Crippen LogP contribution in [0, 0.1) is 25.7 Å². The van der Waals surface area contributed by atoms with Crippen molar-refractivity contribution in [1.82, 2.24) is 4.90 Å². The Labute approximate surface area is 206 Å². The second-order valence-electron chi connectivity index (χ2n) is 10.6. The van der Waals surface area contributed by atoms with Gasteiger partial charge in [-0.15, -0.1) is 0 Å². The van der Waals surface area contributed by atoms with Gasteiger partial charge in [0.25, 0.3) is 0 Å². The number of unbranched alkanes of at least 4 members (excludes halogenated alkanes) is 1. The lowest BCUT2D eigenvalue weighted by atomic mass is 9.86. The number of ether oxygens (including phenoxy) is 1. The summed E-state index contributed by atoms with van der Waals surface area (Å²) in [6, 6.07) is 15.2. The van der Waals surface area contributed by atoms with Gasteiger partial charge in [0.2, 0.25) is 0 Å². The van der Waals surface area contributed by atoms with Crippen LogP contribution in [0.15, 0.2) is 42.5 Å². The van der Waals surface area contributed by atoms with Crippen LogP contribution < -0.4 is 4.74 Å². The number of carbonyl (C=O) groups is 1. The lowest BCUT2D eigenvalue weighted by molar-refractivity contribution is -0.150. The maximum atomic E-state index is 11.1. The van der Waals surface area contributed by atoms with Crippen LogP contribution in [0.4, 0.5) is 0 Å². The molecule has 1 N–H and O–H groups in total. The number of aryl methyl sites for hydroxylation is 2. The van der Waals surface area contributed by atoms with Crippen LogP contribution in [0.5, 0.6) is 5.75 Å². The third-order valence-corrected chi connectivity index (χ3v) is 7.67. The molecule has 0 spiro atoms. The highest BCUT2D eigenvalue weighted by atomic mass is 16.5. The van der Waals surface area contributed by atoms with E-state index in [1.807, 2.05) is 0 Å². The summed E-state index contributed by atoms with van der Waals surface area (Å²) in [6.07, 6.45) is 7.24. The fourth-order valence-corrected chi connectivity index (χ4v) is 4.90. The second kappa shape index (κ2) is 11.9. The van der Waals surface area contributed by atoms with E-state index < -0.39 is 5.97 Å². The average Bonchev–Trinajstić information content (AvgIpc) is 2.76. The largest absolute Gasteiger partial charge is 0.494 e. The molecule has 0 amide bonds. The summed E-state index contributed by atoms with van der Waals surface area (Å²) in [5.74, 6) is 0.686. The van der Waals surface area contributed by atoms with Crippen molar-refractivity contribution in [3.8, 4) is 5.75 Å². The average molecular weight is 466 g/mol. The highest BCUT2D eigenvalue weighted by Crippen LogP contribution is 2.35. The van der Waals surface area contributed by atoms with Crippen molar-refractivity contribution in [3.05, 3.63) is 64.7 Å². The summed E-state index contributed by atoms with van der Waals surface area (Å²) >= 11 is 0. The van der Waals surface area contributed by atoms with Crippen molar-refractivity contribution in [2.45, 2.75) is 78.7 Å². The molecule has 1 unspecified atom stereocenters. The third-order valence-electron chi connectivity index (χ3n) is 7.67. The van der Waals surface area contributed by atoms with Crippen LogP contribution in [0.2, 0.25) is 0 Å². The molecule has 1 heterocycles. The van der Waals surface area contributed by atoms with Gasteiger partial charge in [-0.3, -0.25) is 9.69 Å². The van der Waals surface area contributed by atoms with Gasteiger partial charge in [-0.2, -0.15) is 0 Å². The van der Waals surface area contributed by atoms with E-state index in [-0.39, 0.29) is 11.5 Å². The fourth-order valence-electron chi connectivity index (χ4n) is 4.90. The summed E-state index contributed by atoms with van der Waals surface area (Å²) in [7, 11) is 0. The van der Waals surface area contributed by atoms with E-state index >= 15 is 0 Å². The van der Waals surface area contributed by atoms with Crippen molar-refractivity contribution in [3.63, 3.8) is 0 Å². The fraction of sp³-hybridized carbons (Fsp3) is 0.567. The Morgan fingerprint density at radius 2 is 1.74 bits per heavy atom. The van der Waals surface area contributed by atoms with E-state index in [9.17, 15) is 4.79 Å². The summed E-state index contributed by atoms with van der Waals surface area (Å²) < 4.78 is 6.07. The van der Waals surface area contributed by atoms with Gasteiger partial charge in [0, 0.05) is 18.6 Å². The Morgan fingerprint density at radius 3 is 2.35 bits per heavy atom. The first-order chi connectivity index (χ1) is 16.2. The first-order valence-electron chi connectivity index (χ1n) is 13.0. The molecular weight excluding hydrogens is 422 g/mol. The predicted octanol–water partition coefficient (Wildman–Crippen LogP) is 6.76. The summed E-state index contributed by atoms with van der Waals surface area (Å²) in [5, 5.41) is 9.15. The third kappa shape index (κ3) is 6.85. The van der Waals surface area contributed by atoms with E-state index in [0.717, 1.165) is 25.2 Å². The van der Waals surface area contributed by atoms with Crippen LogP contribution >= 0.6 is 0 Å². The molecule has 2 aromatic rings. The second-order valence-corrected chi connectivity index (χ2v) is 10.6. The Kier molecular flexibility index (Phi) is 9.18. The number of hydrogen-bond donors (Lipinski definition) is 1. The van der Waals surface area contributed by atoms with E-state index in [2.05, 4.69) is 82.0 Å². The highest BCUT2D eigenvalue weighted by Gasteiger charge is 2.41. The Morgan fingerprint density at radius 1 is 1.06 bits per heavy atom. The van der Waals surface area contributed by atoms with E-state index in [1.54, 1.807) is 0 Å². The SMILES string of the molecule is CCCCC(CCCOc1ccc(C(C)(C)N2CC(C(=O)O)C2)cc1)Cc1ccc(C)c(C)c1. The van der Waals surface area contributed by atoms with Gasteiger partial charge in [0.05, 0.1) is 12.5 Å². The number of carboxylic acids is 1. The molecule has 3 rings (SSSR count). The lowest BCUT2D eigenvalue weighted by Gasteiger charge is -2.48. The first kappa shape index (κ1) is 26.3. The standard InChI is InChI=1S/C30H43NO3/c1-6-7-9-24(19-25-12-11-22(2)23(3)18-25)10-8-17-34-28-15-13-27(14-16-28)30(4,5)31-20-26(21-31)29(32)33/h11-16,18,24,26H,6-10,17,19-21H2,1-5H3,(H,32,33). The topological polar surface area (TPSA) is 49.8 Å². The number of benzene rings is 2. The van der Waals surface area contributed by atoms with Gasteiger partial charge >= 0.3 is 5.97 Å². The van der Waals surface area contributed by atoms with Gasteiger partial charge in [0.1, 0.15) is 5.75 Å². The number of rotatable bonds is 13. The van der Waals surface area contributed by atoms with E-state index in [1.165, 1.54) is 47.9 Å². The van der Waals surface area contributed by atoms with Crippen molar-refractivity contribution < 1.29 is 14.6 Å². The van der Waals surface area contributed by atoms with Gasteiger partial charge in [-0.25, -0.2) is 0 Å². The summed E-state index contributed by atoms with van der Waals surface area (Å²) in [5.41, 5.74) is 5.23. The molecule has 4 heteroatoms. The van der Waals surface area contributed by atoms with Gasteiger partial charge in [0.15, 0.2) is 0 Å². The van der Waals surface area contributed by atoms with Crippen LogP contribution in [0.3, 0.4) is 0 Å². The number of hydrogen-bond acceptors (Lipinski definition) is 3. The maximum absolute atomic E-state index is 11.1. The summed E-state index contributed by atoms with van der Waals surface area (Å²) in [4.78, 5) is 13.4. The predicted molar refractivity (Wildman–Crippen MR) is 140 cm³/mol. The maximum Gasteiger partial charge on any atom is 0.309 e. The molecule has 0 aliphatic carbocycles. The minimum Gasteiger partial charge on any atom is -0.494 e. The molecule has 1 fully saturated rings. The molecule has 1 saturated heterocycles. The van der Waals surface area contributed by atoms with Crippen LogP contribution in [0.1, 0.15) is 75.1 Å². The Bertz CT molecular complexity index is 929.